The van der Waals surface area contributed by atoms with Crippen molar-refractivity contribution in [2.75, 3.05) is 7.11 Å². The second-order valence-electron chi connectivity index (χ2n) is 5.68. The summed E-state index contributed by atoms with van der Waals surface area (Å²) in [4.78, 5) is 12.4. The Kier molecular flexibility index (Phi) is 3.82. The van der Waals surface area contributed by atoms with Crippen molar-refractivity contribution in [2.24, 2.45) is 0 Å². The van der Waals surface area contributed by atoms with Gasteiger partial charge in [0.05, 0.1) is 12.5 Å². The van der Waals surface area contributed by atoms with Crippen LogP contribution in [0.2, 0.25) is 0 Å². The van der Waals surface area contributed by atoms with Crippen molar-refractivity contribution in [3.8, 4) is 11.5 Å². The van der Waals surface area contributed by atoms with Crippen molar-refractivity contribution < 1.29 is 14.3 Å². The van der Waals surface area contributed by atoms with Crippen molar-refractivity contribution >= 4 is 11.0 Å². The normalized spacial score (nSPS) is 10.9. The molecule has 0 bridgehead atoms. The maximum absolute atomic E-state index is 12.4. The highest BCUT2D eigenvalue weighted by atomic mass is 16.5. The van der Waals surface area contributed by atoms with E-state index in [0.29, 0.717) is 23.0 Å². The van der Waals surface area contributed by atoms with E-state index in [4.69, 9.17) is 9.15 Å². The summed E-state index contributed by atoms with van der Waals surface area (Å²) in [6.07, 6.45) is 0.425. The van der Waals surface area contributed by atoms with Gasteiger partial charge in [0.25, 0.3) is 0 Å². The fourth-order valence-electron chi connectivity index (χ4n) is 2.85. The number of benzene rings is 2. The average molecular weight is 310 g/mol. The summed E-state index contributed by atoms with van der Waals surface area (Å²) in [7, 11) is 1.61. The lowest BCUT2D eigenvalue weighted by Crippen LogP contribution is -2.11. The molecular formula is C19H18O4. The van der Waals surface area contributed by atoms with Crippen LogP contribution in [0.4, 0.5) is 0 Å². The summed E-state index contributed by atoms with van der Waals surface area (Å²) in [6, 6.07) is 11.0. The zero-order valence-electron chi connectivity index (χ0n) is 13.3. The molecule has 0 amide bonds. The van der Waals surface area contributed by atoms with Crippen LogP contribution in [0.15, 0.2) is 45.6 Å². The summed E-state index contributed by atoms with van der Waals surface area (Å²) in [6.45, 7) is 3.68. The summed E-state index contributed by atoms with van der Waals surface area (Å²) >= 11 is 0. The molecule has 23 heavy (non-hydrogen) atoms. The third-order valence-electron chi connectivity index (χ3n) is 4.02. The molecule has 2 aromatic carbocycles. The van der Waals surface area contributed by atoms with Gasteiger partial charge in [-0.1, -0.05) is 12.1 Å². The predicted molar refractivity (Wildman–Crippen MR) is 89.4 cm³/mol. The lowest BCUT2D eigenvalue weighted by Gasteiger charge is -2.10. The maximum atomic E-state index is 12.4. The van der Waals surface area contributed by atoms with Crippen molar-refractivity contribution in [2.45, 2.75) is 20.3 Å². The monoisotopic (exact) mass is 310 g/mol. The van der Waals surface area contributed by atoms with Crippen LogP contribution < -0.4 is 10.4 Å². The predicted octanol–water partition coefficient (Wildman–Crippen LogP) is 3.71. The van der Waals surface area contributed by atoms with Crippen LogP contribution in [-0.2, 0) is 6.42 Å². The summed E-state index contributed by atoms with van der Waals surface area (Å²) in [5.41, 5.74) is 3.13. The Morgan fingerprint density at radius 2 is 1.96 bits per heavy atom. The standard InChI is InChI=1S/C19H18O4/c1-11-7-16(20)18-12(2)15(19(21)23-17(18)8-11)10-13-5-4-6-14(9-13)22-3/h4-9,20H,10H2,1-3H3. The second kappa shape index (κ2) is 5.80. The first-order chi connectivity index (χ1) is 11.0. The molecule has 0 fully saturated rings. The Labute approximate surface area is 134 Å². The van der Waals surface area contributed by atoms with E-state index >= 15 is 0 Å². The minimum atomic E-state index is -0.372. The van der Waals surface area contributed by atoms with Crippen LogP contribution in [0.5, 0.6) is 11.5 Å². The molecule has 0 atom stereocenters. The van der Waals surface area contributed by atoms with Crippen molar-refractivity contribution in [1.29, 1.82) is 0 Å². The van der Waals surface area contributed by atoms with Gasteiger partial charge in [-0.25, -0.2) is 4.79 Å². The molecule has 3 aromatic rings. The van der Waals surface area contributed by atoms with Crippen molar-refractivity contribution in [3.05, 3.63) is 69.1 Å². The molecule has 4 nitrogen and oxygen atoms in total. The van der Waals surface area contributed by atoms with E-state index in [1.807, 2.05) is 38.1 Å². The van der Waals surface area contributed by atoms with Gasteiger partial charge in [-0.15, -0.1) is 0 Å². The number of fused-ring (bicyclic) bond motifs is 1. The average Bonchev–Trinajstić information content (AvgIpc) is 2.50. The molecule has 0 aliphatic heterocycles. The number of hydrogen-bond donors (Lipinski definition) is 1. The van der Waals surface area contributed by atoms with Gasteiger partial charge < -0.3 is 14.3 Å². The minimum absolute atomic E-state index is 0.133. The van der Waals surface area contributed by atoms with Gasteiger partial charge in [-0.2, -0.15) is 0 Å². The topological polar surface area (TPSA) is 59.7 Å². The van der Waals surface area contributed by atoms with Gasteiger partial charge in [-0.05, 0) is 54.8 Å². The number of hydrogen-bond acceptors (Lipinski definition) is 4. The van der Waals surface area contributed by atoms with Gasteiger partial charge in [0, 0.05) is 12.0 Å². The second-order valence-corrected chi connectivity index (χ2v) is 5.68. The molecular weight excluding hydrogens is 292 g/mol. The zero-order valence-corrected chi connectivity index (χ0v) is 13.3. The maximum Gasteiger partial charge on any atom is 0.340 e. The van der Waals surface area contributed by atoms with E-state index in [0.717, 1.165) is 22.4 Å². The first-order valence-corrected chi connectivity index (χ1v) is 7.38. The number of rotatable bonds is 3. The molecule has 1 heterocycles. The van der Waals surface area contributed by atoms with Gasteiger partial charge in [0.2, 0.25) is 0 Å². The highest BCUT2D eigenvalue weighted by molar-refractivity contribution is 5.87. The smallest absolute Gasteiger partial charge is 0.340 e. The van der Waals surface area contributed by atoms with Gasteiger partial charge in [0.15, 0.2) is 0 Å². The molecule has 0 spiro atoms. The zero-order chi connectivity index (χ0) is 16.6. The van der Waals surface area contributed by atoms with E-state index in [1.54, 1.807) is 19.2 Å². The number of aromatic hydroxyl groups is 1. The summed E-state index contributed by atoms with van der Waals surface area (Å²) in [5, 5.41) is 10.8. The highest BCUT2D eigenvalue weighted by Crippen LogP contribution is 2.30. The van der Waals surface area contributed by atoms with E-state index in [1.165, 1.54) is 0 Å². The van der Waals surface area contributed by atoms with Gasteiger partial charge in [0.1, 0.15) is 17.1 Å². The van der Waals surface area contributed by atoms with Gasteiger partial charge in [-0.3, -0.25) is 0 Å². The van der Waals surface area contributed by atoms with Gasteiger partial charge >= 0.3 is 5.63 Å². The lowest BCUT2D eigenvalue weighted by atomic mass is 9.98. The van der Waals surface area contributed by atoms with Crippen LogP contribution in [0, 0.1) is 13.8 Å². The first-order valence-electron chi connectivity index (χ1n) is 7.38. The van der Waals surface area contributed by atoms with Crippen LogP contribution in [0.25, 0.3) is 11.0 Å². The molecule has 1 aromatic heterocycles. The fourth-order valence-corrected chi connectivity index (χ4v) is 2.85. The number of phenolic OH excluding ortho intramolecular Hbond substituents is 1. The number of methoxy groups -OCH3 is 1. The van der Waals surface area contributed by atoms with Crippen molar-refractivity contribution in [1.82, 2.24) is 0 Å². The summed E-state index contributed by atoms with van der Waals surface area (Å²) in [5.74, 6) is 0.872. The Bertz CT molecular complexity index is 938. The van der Waals surface area contributed by atoms with Crippen LogP contribution in [0.3, 0.4) is 0 Å². The largest absolute Gasteiger partial charge is 0.507 e. The van der Waals surface area contributed by atoms with E-state index in [9.17, 15) is 9.90 Å². The Balaban J connectivity index is 2.16. The highest BCUT2D eigenvalue weighted by Gasteiger charge is 2.15. The molecule has 0 radical (unpaired) electrons. The quantitative estimate of drug-likeness (QED) is 0.749. The molecule has 3 rings (SSSR count). The molecule has 0 unspecified atom stereocenters. The van der Waals surface area contributed by atoms with E-state index in [-0.39, 0.29) is 11.4 Å². The number of phenols is 1. The van der Waals surface area contributed by atoms with E-state index in [2.05, 4.69) is 0 Å². The molecule has 0 aliphatic rings. The van der Waals surface area contributed by atoms with Crippen molar-refractivity contribution in [3.63, 3.8) is 0 Å². The van der Waals surface area contributed by atoms with E-state index < -0.39 is 0 Å². The third-order valence-corrected chi connectivity index (χ3v) is 4.02. The fraction of sp³-hybridized carbons (Fsp3) is 0.211. The van der Waals surface area contributed by atoms with Crippen LogP contribution in [-0.4, -0.2) is 12.2 Å². The van der Waals surface area contributed by atoms with Crippen LogP contribution in [0.1, 0.15) is 22.3 Å². The van der Waals surface area contributed by atoms with Crippen LogP contribution >= 0.6 is 0 Å². The first kappa shape index (κ1) is 15.2. The molecule has 0 saturated heterocycles. The molecule has 0 saturated carbocycles. The molecule has 4 heteroatoms. The number of ether oxygens (including phenoxy) is 1. The Morgan fingerprint density at radius 3 is 2.70 bits per heavy atom. The third kappa shape index (κ3) is 2.80. The molecule has 118 valence electrons. The Morgan fingerprint density at radius 1 is 1.17 bits per heavy atom. The summed E-state index contributed by atoms with van der Waals surface area (Å²) < 4.78 is 10.6. The molecule has 0 aliphatic carbocycles. The molecule has 1 N–H and O–H groups in total. The Hall–Kier alpha value is -2.75. The number of aryl methyl sites for hydroxylation is 2. The SMILES string of the molecule is COc1cccc(Cc2c(C)c3c(O)cc(C)cc3oc2=O)c1. The minimum Gasteiger partial charge on any atom is -0.507 e. The lowest BCUT2D eigenvalue weighted by molar-refractivity contribution is 0.414.